The van der Waals surface area contributed by atoms with Gasteiger partial charge in [-0.1, -0.05) is 19.3 Å². The smallest absolute Gasteiger partial charge is 0.139 e. The number of carbonyl (C=O) groups excluding carboxylic acids is 3. The van der Waals surface area contributed by atoms with E-state index in [9.17, 15) is 14.4 Å². The van der Waals surface area contributed by atoms with Gasteiger partial charge in [-0.25, -0.2) is 0 Å². The average molecular weight is 318 g/mol. The summed E-state index contributed by atoms with van der Waals surface area (Å²) >= 11 is 0. The molecule has 0 aromatic carbocycles. The summed E-state index contributed by atoms with van der Waals surface area (Å²) in [6.07, 6.45) is 12.3. The Labute approximate surface area is 139 Å². The second kappa shape index (κ2) is 7.72. The molecular weight excluding hydrogens is 288 g/mol. The van der Waals surface area contributed by atoms with Crippen LogP contribution in [0.5, 0.6) is 0 Å². The van der Waals surface area contributed by atoms with Gasteiger partial charge in [-0.05, 0) is 51.4 Å². The van der Waals surface area contributed by atoms with Crippen LogP contribution in [-0.2, 0) is 14.4 Å². The van der Waals surface area contributed by atoms with Crippen molar-refractivity contribution in [2.75, 3.05) is 0 Å². The van der Waals surface area contributed by atoms with Crippen LogP contribution < -0.4 is 0 Å². The molecule has 0 aromatic heterocycles. The van der Waals surface area contributed by atoms with E-state index in [4.69, 9.17) is 0 Å². The minimum atomic E-state index is 0.0829. The highest BCUT2D eigenvalue weighted by Crippen LogP contribution is 2.38. The van der Waals surface area contributed by atoms with Crippen LogP contribution in [0.1, 0.15) is 83.5 Å². The van der Waals surface area contributed by atoms with Crippen molar-refractivity contribution in [3.63, 3.8) is 0 Å². The van der Waals surface area contributed by atoms with Crippen molar-refractivity contribution in [2.24, 2.45) is 23.7 Å². The van der Waals surface area contributed by atoms with Crippen LogP contribution in [0.2, 0.25) is 0 Å². The first-order valence-corrected chi connectivity index (χ1v) is 9.74. The van der Waals surface area contributed by atoms with Crippen LogP contribution in [0.25, 0.3) is 0 Å². The Balaban J connectivity index is 1.57. The monoisotopic (exact) mass is 318 g/mol. The molecule has 4 atom stereocenters. The van der Waals surface area contributed by atoms with Gasteiger partial charge in [0.25, 0.3) is 0 Å². The van der Waals surface area contributed by atoms with E-state index in [-0.39, 0.29) is 23.7 Å². The summed E-state index contributed by atoms with van der Waals surface area (Å²) < 4.78 is 0. The lowest BCUT2D eigenvalue weighted by Crippen LogP contribution is -2.34. The van der Waals surface area contributed by atoms with E-state index in [1.165, 1.54) is 0 Å². The van der Waals surface area contributed by atoms with Gasteiger partial charge >= 0.3 is 0 Å². The van der Waals surface area contributed by atoms with E-state index in [1.807, 2.05) is 0 Å². The highest BCUT2D eigenvalue weighted by molar-refractivity contribution is 5.87. The Morgan fingerprint density at radius 3 is 1.43 bits per heavy atom. The van der Waals surface area contributed by atoms with E-state index in [0.717, 1.165) is 70.6 Å². The molecule has 3 fully saturated rings. The van der Waals surface area contributed by atoms with Gasteiger partial charge in [0.1, 0.15) is 17.3 Å². The second-order valence-corrected chi connectivity index (χ2v) is 8.02. The van der Waals surface area contributed by atoms with Gasteiger partial charge in [0.05, 0.1) is 0 Å². The molecule has 0 radical (unpaired) electrons. The van der Waals surface area contributed by atoms with Gasteiger partial charge in [-0.15, -0.1) is 0 Å². The predicted molar refractivity (Wildman–Crippen MR) is 89.0 cm³/mol. The summed E-state index contributed by atoms with van der Waals surface area (Å²) in [6, 6.07) is 0. The van der Waals surface area contributed by atoms with Crippen molar-refractivity contribution in [3.8, 4) is 0 Å². The van der Waals surface area contributed by atoms with Gasteiger partial charge in [-0.2, -0.15) is 0 Å². The van der Waals surface area contributed by atoms with Gasteiger partial charge < -0.3 is 0 Å². The standard InChI is InChI=1S/C20H30O3/c21-18-10-3-1-6-14(18)12-16-8-5-9-17(20(16)23)13-15-7-2-4-11-19(15)22/h14-17H,1-13H2/t14-,15-,16-,17-/m0/s1. The molecule has 3 aliphatic carbocycles. The topological polar surface area (TPSA) is 51.2 Å². The number of ketones is 3. The quantitative estimate of drug-likeness (QED) is 0.777. The normalized spacial score (nSPS) is 36.3. The van der Waals surface area contributed by atoms with Crippen LogP contribution >= 0.6 is 0 Å². The van der Waals surface area contributed by atoms with Gasteiger partial charge in [0.15, 0.2) is 0 Å². The number of carbonyl (C=O) groups is 3. The minimum Gasteiger partial charge on any atom is -0.299 e. The van der Waals surface area contributed by atoms with E-state index >= 15 is 0 Å². The largest absolute Gasteiger partial charge is 0.299 e. The molecule has 0 aliphatic heterocycles. The second-order valence-electron chi connectivity index (χ2n) is 8.02. The average Bonchev–Trinajstić information content (AvgIpc) is 2.55. The van der Waals surface area contributed by atoms with Crippen molar-refractivity contribution in [3.05, 3.63) is 0 Å². The molecule has 0 spiro atoms. The lowest BCUT2D eigenvalue weighted by Gasteiger charge is -2.33. The number of Topliss-reactive ketones (excluding diaryl/α,β-unsaturated/α-hetero) is 3. The first-order chi connectivity index (χ1) is 11.1. The molecule has 0 amide bonds. The first-order valence-electron chi connectivity index (χ1n) is 9.74. The highest BCUT2D eigenvalue weighted by atomic mass is 16.1. The maximum Gasteiger partial charge on any atom is 0.139 e. The van der Waals surface area contributed by atoms with Crippen LogP contribution in [0.4, 0.5) is 0 Å². The van der Waals surface area contributed by atoms with Gasteiger partial charge in [0.2, 0.25) is 0 Å². The molecule has 0 bridgehead atoms. The molecule has 3 saturated carbocycles. The zero-order chi connectivity index (χ0) is 16.2. The molecule has 0 N–H and O–H groups in total. The van der Waals surface area contributed by atoms with Gasteiger partial charge in [-0.3, -0.25) is 14.4 Å². The lowest BCUT2D eigenvalue weighted by atomic mass is 9.70. The van der Waals surface area contributed by atoms with E-state index in [2.05, 4.69) is 0 Å². The van der Waals surface area contributed by atoms with E-state index in [1.54, 1.807) is 0 Å². The molecule has 0 aromatic rings. The maximum absolute atomic E-state index is 12.9. The summed E-state index contributed by atoms with van der Waals surface area (Å²) in [5.41, 5.74) is 0. The zero-order valence-corrected chi connectivity index (χ0v) is 14.2. The third-order valence-corrected chi connectivity index (χ3v) is 6.41. The molecule has 0 saturated heterocycles. The lowest BCUT2D eigenvalue weighted by molar-refractivity contribution is -0.133. The van der Waals surface area contributed by atoms with Crippen LogP contribution in [-0.4, -0.2) is 17.3 Å². The fourth-order valence-electron chi connectivity index (χ4n) is 4.99. The number of rotatable bonds is 4. The third kappa shape index (κ3) is 4.10. The summed E-state index contributed by atoms with van der Waals surface area (Å²) in [7, 11) is 0. The first kappa shape index (κ1) is 16.9. The summed E-state index contributed by atoms with van der Waals surface area (Å²) in [5.74, 6) is 1.56. The Hall–Kier alpha value is -0.990. The summed E-state index contributed by atoms with van der Waals surface area (Å²) in [6.45, 7) is 0. The fourth-order valence-corrected chi connectivity index (χ4v) is 4.99. The summed E-state index contributed by atoms with van der Waals surface area (Å²) in [4.78, 5) is 37.0. The molecule has 128 valence electrons. The minimum absolute atomic E-state index is 0.0829. The summed E-state index contributed by atoms with van der Waals surface area (Å²) in [5, 5.41) is 0. The Morgan fingerprint density at radius 2 is 1.00 bits per heavy atom. The van der Waals surface area contributed by atoms with Crippen LogP contribution in [0.15, 0.2) is 0 Å². The highest BCUT2D eigenvalue weighted by Gasteiger charge is 2.37. The van der Waals surface area contributed by atoms with E-state index in [0.29, 0.717) is 30.2 Å². The molecule has 3 rings (SSSR count). The molecule has 3 aliphatic rings. The van der Waals surface area contributed by atoms with Crippen molar-refractivity contribution in [2.45, 2.75) is 83.5 Å². The van der Waals surface area contributed by atoms with Gasteiger partial charge in [0, 0.05) is 36.5 Å². The van der Waals surface area contributed by atoms with Crippen molar-refractivity contribution in [1.82, 2.24) is 0 Å². The Morgan fingerprint density at radius 1 is 0.565 bits per heavy atom. The molecular formula is C20H30O3. The molecule has 3 heteroatoms. The number of hydrogen-bond donors (Lipinski definition) is 0. The molecule has 23 heavy (non-hydrogen) atoms. The predicted octanol–water partition coefficient (Wildman–Crippen LogP) is 4.27. The maximum atomic E-state index is 12.9. The molecule has 3 nitrogen and oxygen atoms in total. The van der Waals surface area contributed by atoms with Crippen molar-refractivity contribution < 1.29 is 14.4 Å². The van der Waals surface area contributed by atoms with E-state index < -0.39 is 0 Å². The third-order valence-electron chi connectivity index (χ3n) is 6.41. The van der Waals surface area contributed by atoms with Crippen molar-refractivity contribution >= 4 is 17.3 Å². The van der Waals surface area contributed by atoms with Crippen LogP contribution in [0, 0.1) is 23.7 Å². The Bertz CT molecular complexity index is 428. The van der Waals surface area contributed by atoms with Crippen molar-refractivity contribution in [1.29, 1.82) is 0 Å². The zero-order valence-electron chi connectivity index (χ0n) is 14.2. The molecule has 0 unspecified atom stereocenters. The molecule has 0 heterocycles. The number of hydrogen-bond acceptors (Lipinski definition) is 3. The van der Waals surface area contributed by atoms with Crippen LogP contribution in [0.3, 0.4) is 0 Å². The SMILES string of the molecule is O=C1CCCC[C@H]1C[C@@H]1CCC[C@@H](C[C@@H]2CCCCC2=O)C1=O. The fraction of sp³-hybridized carbons (Fsp3) is 0.850. The Kier molecular flexibility index (Phi) is 5.66.